The predicted molar refractivity (Wildman–Crippen MR) is 85.9 cm³/mol. The third kappa shape index (κ3) is 3.60. The molecule has 1 aromatic rings. The number of hydrogen-bond acceptors (Lipinski definition) is 6. The van der Waals surface area contributed by atoms with Crippen LogP contribution in [0.4, 0.5) is 0 Å². The van der Waals surface area contributed by atoms with Gasteiger partial charge in [-0.1, -0.05) is 36.4 Å². The summed E-state index contributed by atoms with van der Waals surface area (Å²) in [4.78, 5) is 11.9. The first kappa shape index (κ1) is 16.5. The van der Waals surface area contributed by atoms with Crippen LogP contribution in [0.5, 0.6) is 0 Å². The molecule has 128 valence electrons. The largest absolute Gasteiger partial charge is 0.505 e. The summed E-state index contributed by atoms with van der Waals surface area (Å²) in [6.45, 7) is 3.90. The van der Waals surface area contributed by atoms with Gasteiger partial charge in [0.1, 0.15) is 12.7 Å². The average molecular weight is 332 g/mol. The highest BCUT2D eigenvalue weighted by Crippen LogP contribution is 2.32. The van der Waals surface area contributed by atoms with Gasteiger partial charge in [-0.3, -0.25) is 0 Å². The number of rotatable bonds is 5. The second kappa shape index (κ2) is 6.67. The lowest BCUT2D eigenvalue weighted by Crippen LogP contribution is -2.32. The highest BCUT2D eigenvalue weighted by atomic mass is 16.8. The van der Waals surface area contributed by atoms with E-state index >= 15 is 0 Å². The lowest BCUT2D eigenvalue weighted by atomic mass is 10.2. The fraction of sp³-hybridized carbons (Fsp3) is 0.389. The summed E-state index contributed by atoms with van der Waals surface area (Å²) in [5, 5.41) is 10.2. The van der Waals surface area contributed by atoms with Crippen molar-refractivity contribution in [3.05, 3.63) is 53.5 Å². The first-order valence-electron chi connectivity index (χ1n) is 7.76. The highest BCUT2D eigenvalue weighted by Gasteiger charge is 2.47. The third-order valence-electron chi connectivity index (χ3n) is 3.72. The summed E-state index contributed by atoms with van der Waals surface area (Å²) in [6.07, 6.45) is 2.18. The van der Waals surface area contributed by atoms with Crippen LogP contribution in [0.15, 0.2) is 47.9 Å². The van der Waals surface area contributed by atoms with Crippen LogP contribution in [-0.2, 0) is 23.7 Å². The number of ether oxygens (including phenoxy) is 4. The number of carbonyl (C=O) groups is 1. The third-order valence-corrected chi connectivity index (χ3v) is 3.72. The summed E-state index contributed by atoms with van der Waals surface area (Å²) < 4.78 is 21.6. The molecule has 6 heteroatoms. The Hall–Kier alpha value is -2.31. The van der Waals surface area contributed by atoms with E-state index in [9.17, 15) is 9.90 Å². The Balaban J connectivity index is 1.60. The van der Waals surface area contributed by atoms with Crippen molar-refractivity contribution >= 4 is 12.0 Å². The van der Waals surface area contributed by atoms with Gasteiger partial charge in [0.25, 0.3) is 0 Å². The van der Waals surface area contributed by atoms with Crippen LogP contribution < -0.4 is 0 Å². The topological polar surface area (TPSA) is 74.2 Å². The van der Waals surface area contributed by atoms with Gasteiger partial charge in [-0.2, -0.15) is 0 Å². The Morgan fingerprint density at radius 2 is 2.08 bits per heavy atom. The molecule has 0 amide bonds. The molecule has 0 bridgehead atoms. The first-order valence-corrected chi connectivity index (χ1v) is 7.76. The maximum atomic E-state index is 11.9. The van der Waals surface area contributed by atoms with Crippen molar-refractivity contribution in [3.8, 4) is 0 Å². The Kier molecular flexibility index (Phi) is 4.59. The Morgan fingerprint density at radius 1 is 1.33 bits per heavy atom. The van der Waals surface area contributed by atoms with Crippen LogP contribution in [-0.4, -0.2) is 42.3 Å². The molecule has 0 aromatic heterocycles. The van der Waals surface area contributed by atoms with Crippen LogP contribution in [0, 0.1) is 0 Å². The number of cyclic esters (lactones) is 1. The van der Waals surface area contributed by atoms with Crippen molar-refractivity contribution in [3.63, 3.8) is 0 Å². The second-order valence-electron chi connectivity index (χ2n) is 6.03. The molecule has 0 unspecified atom stereocenters. The highest BCUT2D eigenvalue weighted by molar-refractivity contribution is 5.89. The summed E-state index contributed by atoms with van der Waals surface area (Å²) >= 11 is 0. The summed E-state index contributed by atoms with van der Waals surface area (Å²) in [7, 11) is 0. The molecule has 2 aliphatic rings. The Bertz CT molecular complexity index is 661. The summed E-state index contributed by atoms with van der Waals surface area (Å²) in [5.74, 6) is -1.89. The molecular weight excluding hydrogens is 312 g/mol. The van der Waals surface area contributed by atoms with Gasteiger partial charge < -0.3 is 24.1 Å². The quantitative estimate of drug-likeness (QED) is 0.836. The molecular formula is C18H20O6. The van der Waals surface area contributed by atoms with Crippen molar-refractivity contribution in [1.82, 2.24) is 0 Å². The van der Waals surface area contributed by atoms with Crippen molar-refractivity contribution in [2.75, 3.05) is 13.2 Å². The molecule has 2 atom stereocenters. The fourth-order valence-electron chi connectivity index (χ4n) is 2.59. The predicted octanol–water partition coefficient (Wildman–Crippen LogP) is 2.56. The van der Waals surface area contributed by atoms with Crippen LogP contribution in [0.1, 0.15) is 19.4 Å². The molecule has 0 radical (unpaired) electrons. The molecule has 1 saturated heterocycles. The van der Waals surface area contributed by atoms with Crippen molar-refractivity contribution in [1.29, 1.82) is 0 Å². The van der Waals surface area contributed by atoms with E-state index in [1.807, 2.05) is 36.4 Å². The molecule has 1 aromatic carbocycles. The van der Waals surface area contributed by atoms with E-state index in [4.69, 9.17) is 18.9 Å². The molecule has 0 saturated carbocycles. The van der Waals surface area contributed by atoms with Gasteiger partial charge in [0.2, 0.25) is 5.76 Å². The number of esters is 1. The van der Waals surface area contributed by atoms with Crippen molar-refractivity contribution in [2.24, 2.45) is 0 Å². The van der Waals surface area contributed by atoms with E-state index < -0.39 is 24.0 Å². The molecule has 1 fully saturated rings. The van der Waals surface area contributed by atoms with E-state index in [1.165, 1.54) is 0 Å². The van der Waals surface area contributed by atoms with Gasteiger partial charge in [0.05, 0.1) is 6.61 Å². The lowest BCUT2D eigenvalue weighted by Gasteiger charge is -2.19. The van der Waals surface area contributed by atoms with Gasteiger partial charge in [0.15, 0.2) is 17.7 Å². The van der Waals surface area contributed by atoms with Gasteiger partial charge >= 0.3 is 5.97 Å². The van der Waals surface area contributed by atoms with Crippen LogP contribution in [0.3, 0.4) is 0 Å². The SMILES string of the molecule is CC1(C)OC[C@@H]([C@H]2OC(=O)C(OC/C=C/c3ccccc3)=C2O)O1. The molecule has 2 heterocycles. The zero-order chi connectivity index (χ0) is 17.2. The van der Waals surface area contributed by atoms with Gasteiger partial charge in [-0.15, -0.1) is 0 Å². The summed E-state index contributed by atoms with van der Waals surface area (Å²) in [5.41, 5.74) is 1.02. The minimum atomic E-state index is -0.896. The average Bonchev–Trinajstić information content (AvgIpc) is 3.05. The Labute approximate surface area is 140 Å². The molecule has 3 rings (SSSR count). The first-order chi connectivity index (χ1) is 11.5. The van der Waals surface area contributed by atoms with Crippen LogP contribution >= 0.6 is 0 Å². The lowest BCUT2D eigenvalue weighted by molar-refractivity contribution is -0.163. The standard InChI is InChI=1S/C18H20O6/c1-18(2)22-11-13(24-18)15-14(19)16(17(20)23-15)21-10-6-9-12-7-4-3-5-8-12/h3-9,13,15,19H,10-11H2,1-2H3/b9-6+/t13-,15+/m0/s1. The number of carbonyl (C=O) groups excluding carboxylic acids is 1. The van der Waals surface area contributed by atoms with E-state index in [0.717, 1.165) is 5.56 Å². The van der Waals surface area contributed by atoms with E-state index in [1.54, 1.807) is 19.9 Å². The molecule has 0 spiro atoms. The fourth-order valence-corrected chi connectivity index (χ4v) is 2.59. The van der Waals surface area contributed by atoms with Crippen molar-refractivity contribution < 1.29 is 28.8 Å². The normalized spacial score (nSPS) is 26.2. The zero-order valence-electron chi connectivity index (χ0n) is 13.6. The van der Waals surface area contributed by atoms with Gasteiger partial charge in [-0.25, -0.2) is 4.79 Å². The van der Waals surface area contributed by atoms with Gasteiger partial charge in [0, 0.05) is 0 Å². The molecule has 24 heavy (non-hydrogen) atoms. The summed E-state index contributed by atoms with van der Waals surface area (Å²) in [6, 6.07) is 9.69. The van der Waals surface area contributed by atoms with Crippen molar-refractivity contribution in [2.45, 2.75) is 31.8 Å². The van der Waals surface area contributed by atoms with Gasteiger partial charge in [-0.05, 0) is 25.5 Å². The monoisotopic (exact) mass is 332 g/mol. The number of aliphatic hydroxyl groups is 1. The molecule has 2 aliphatic heterocycles. The maximum absolute atomic E-state index is 11.9. The Morgan fingerprint density at radius 3 is 2.75 bits per heavy atom. The number of aliphatic hydroxyl groups excluding tert-OH is 1. The van der Waals surface area contributed by atoms with E-state index in [0.29, 0.717) is 0 Å². The molecule has 1 N–H and O–H groups in total. The van der Waals surface area contributed by atoms with E-state index in [2.05, 4.69) is 0 Å². The second-order valence-corrected chi connectivity index (χ2v) is 6.03. The number of hydrogen-bond donors (Lipinski definition) is 1. The van der Waals surface area contributed by atoms with Crippen LogP contribution in [0.25, 0.3) is 6.08 Å². The maximum Gasteiger partial charge on any atom is 0.378 e. The molecule has 6 nitrogen and oxygen atoms in total. The molecule has 0 aliphatic carbocycles. The number of benzene rings is 1. The zero-order valence-corrected chi connectivity index (χ0v) is 13.6. The smallest absolute Gasteiger partial charge is 0.378 e. The van der Waals surface area contributed by atoms with Crippen LogP contribution in [0.2, 0.25) is 0 Å². The van der Waals surface area contributed by atoms with E-state index in [-0.39, 0.29) is 24.7 Å². The minimum Gasteiger partial charge on any atom is -0.505 e. The minimum absolute atomic E-state index is 0.142.